The Labute approximate surface area is 247 Å². The van der Waals surface area contributed by atoms with E-state index >= 15 is 0 Å². The summed E-state index contributed by atoms with van der Waals surface area (Å²) in [6, 6.07) is 0. The molecule has 11 unspecified atom stereocenters. The van der Waals surface area contributed by atoms with Gasteiger partial charge in [0.1, 0.15) is 13.2 Å². The third kappa shape index (κ3) is 7.06. The van der Waals surface area contributed by atoms with E-state index in [2.05, 4.69) is 41.5 Å². The van der Waals surface area contributed by atoms with E-state index in [0.29, 0.717) is 27.8 Å². The first-order valence-corrected chi connectivity index (χ1v) is 18.5. The van der Waals surface area contributed by atoms with Crippen LogP contribution in [-0.2, 0) is 13.6 Å². The Hall–Kier alpha value is 0.0700. The van der Waals surface area contributed by atoms with Crippen molar-refractivity contribution in [2.45, 2.75) is 125 Å². The summed E-state index contributed by atoms with van der Waals surface area (Å²) < 4.78 is 24.2. The SMILES string of the molecule is CCC(CCC(C)C1CCC2C3CCC4CC(OP(=O)([O-])OCC[N+](C)(C)C)CCC4(C)C3CCC12C)C(C)C. The summed E-state index contributed by atoms with van der Waals surface area (Å²) in [5, 5.41) is 0. The maximum absolute atomic E-state index is 12.6. The normalized spacial score (nSPS) is 41.1. The summed E-state index contributed by atoms with van der Waals surface area (Å²) in [5.74, 6) is 6.52. The Kier molecular flexibility index (Phi) is 10.4. The van der Waals surface area contributed by atoms with Crippen molar-refractivity contribution in [2.75, 3.05) is 34.3 Å². The summed E-state index contributed by atoms with van der Waals surface area (Å²) >= 11 is 0. The number of rotatable bonds is 12. The number of nitrogens with zero attached hydrogens (tertiary/aromatic N) is 1. The second-order valence-corrected chi connectivity index (χ2v) is 18.0. The van der Waals surface area contributed by atoms with Gasteiger partial charge in [-0.2, -0.15) is 0 Å². The maximum Gasteiger partial charge on any atom is 0.268 e. The minimum absolute atomic E-state index is 0.179. The Morgan fingerprint density at radius 2 is 1.60 bits per heavy atom. The second kappa shape index (κ2) is 12.6. The molecule has 0 heterocycles. The standard InChI is InChI=1S/C34H64NO4P/c1-10-26(24(2)3)12-11-25(4)30-15-16-31-29-14-13-27-23-28(39-40(36,37)38-22-21-35(7,8)9)17-19-33(27,5)32(29)18-20-34(30,31)6/h24-32H,10-23H2,1-9H3. The van der Waals surface area contributed by atoms with Gasteiger partial charge >= 0.3 is 0 Å². The van der Waals surface area contributed by atoms with E-state index in [1.807, 2.05) is 21.1 Å². The molecule has 5 nitrogen and oxygen atoms in total. The molecular weight excluding hydrogens is 517 g/mol. The molecule has 11 atom stereocenters. The third-order valence-electron chi connectivity index (χ3n) is 13.1. The maximum atomic E-state index is 12.6. The van der Waals surface area contributed by atoms with E-state index in [1.165, 1.54) is 57.8 Å². The molecule has 0 N–H and O–H groups in total. The molecule has 40 heavy (non-hydrogen) atoms. The minimum atomic E-state index is -4.27. The number of likely N-dealkylation sites (N-methyl/N-ethyl adjacent to an activating group) is 1. The van der Waals surface area contributed by atoms with Crippen molar-refractivity contribution in [1.29, 1.82) is 0 Å². The van der Waals surface area contributed by atoms with Crippen LogP contribution in [0.5, 0.6) is 0 Å². The monoisotopic (exact) mass is 581 g/mol. The molecule has 0 saturated heterocycles. The number of quaternary nitrogens is 1. The van der Waals surface area contributed by atoms with Gasteiger partial charge in [0.15, 0.2) is 0 Å². The lowest BCUT2D eigenvalue weighted by atomic mass is 9.44. The van der Waals surface area contributed by atoms with Gasteiger partial charge in [-0.15, -0.1) is 0 Å². The zero-order valence-corrected chi connectivity index (χ0v) is 28.5. The molecule has 0 amide bonds. The van der Waals surface area contributed by atoms with Crippen LogP contribution in [0.1, 0.15) is 119 Å². The molecule has 0 radical (unpaired) electrons. The highest BCUT2D eigenvalue weighted by molar-refractivity contribution is 7.45. The van der Waals surface area contributed by atoms with Crippen LogP contribution in [-0.4, -0.2) is 44.9 Å². The Bertz CT molecular complexity index is 888. The molecule has 4 fully saturated rings. The van der Waals surface area contributed by atoms with E-state index in [0.717, 1.165) is 60.7 Å². The number of hydrogen-bond acceptors (Lipinski definition) is 4. The van der Waals surface area contributed by atoms with Crippen LogP contribution in [0.3, 0.4) is 0 Å². The van der Waals surface area contributed by atoms with Crippen molar-refractivity contribution in [1.82, 2.24) is 0 Å². The molecule has 4 aliphatic rings. The first-order valence-electron chi connectivity index (χ1n) is 17.0. The summed E-state index contributed by atoms with van der Waals surface area (Å²) in [4.78, 5) is 12.6. The second-order valence-electron chi connectivity index (χ2n) is 16.6. The van der Waals surface area contributed by atoms with Crippen LogP contribution in [0.4, 0.5) is 0 Å². The molecule has 0 aromatic heterocycles. The van der Waals surface area contributed by atoms with Gasteiger partial charge in [-0.25, -0.2) is 0 Å². The van der Waals surface area contributed by atoms with Gasteiger partial charge < -0.3 is 18.4 Å². The lowest BCUT2D eigenvalue weighted by Gasteiger charge is -2.61. The molecule has 4 saturated carbocycles. The van der Waals surface area contributed by atoms with Crippen molar-refractivity contribution in [3.05, 3.63) is 0 Å². The van der Waals surface area contributed by atoms with Crippen LogP contribution in [0.25, 0.3) is 0 Å². The zero-order chi connectivity index (χ0) is 29.5. The van der Waals surface area contributed by atoms with Gasteiger partial charge in [-0.05, 0) is 122 Å². The Morgan fingerprint density at radius 3 is 2.25 bits per heavy atom. The molecule has 234 valence electrons. The molecule has 0 aromatic rings. The van der Waals surface area contributed by atoms with Gasteiger partial charge in [0.2, 0.25) is 0 Å². The molecule has 0 bridgehead atoms. The van der Waals surface area contributed by atoms with Crippen LogP contribution in [0.15, 0.2) is 0 Å². The van der Waals surface area contributed by atoms with E-state index in [-0.39, 0.29) is 12.7 Å². The highest BCUT2D eigenvalue weighted by atomic mass is 31.2. The lowest BCUT2D eigenvalue weighted by Crippen LogP contribution is -2.54. The highest BCUT2D eigenvalue weighted by Gasteiger charge is 2.60. The molecule has 0 aromatic carbocycles. The van der Waals surface area contributed by atoms with Crippen LogP contribution in [0.2, 0.25) is 0 Å². The molecule has 4 rings (SSSR count). The van der Waals surface area contributed by atoms with Crippen LogP contribution in [0, 0.1) is 58.2 Å². The lowest BCUT2D eigenvalue weighted by molar-refractivity contribution is -0.870. The van der Waals surface area contributed by atoms with Gasteiger partial charge in [0.25, 0.3) is 7.82 Å². The predicted octanol–water partition coefficient (Wildman–Crippen LogP) is 8.32. The van der Waals surface area contributed by atoms with Crippen molar-refractivity contribution in [3.63, 3.8) is 0 Å². The molecule has 0 spiro atoms. The number of phosphoric ester groups is 1. The van der Waals surface area contributed by atoms with Crippen molar-refractivity contribution in [2.24, 2.45) is 58.2 Å². The van der Waals surface area contributed by atoms with E-state index < -0.39 is 7.82 Å². The molecule has 6 heteroatoms. The predicted molar refractivity (Wildman–Crippen MR) is 164 cm³/mol. The quantitative estimate of drug-likeness (QED) is 0.172. The summed E-state index contributed by atoms with van der Waals surface area (Å²) in [6.07, 6.45) is 14.9. The van der Waals surface area contributed by atoms with Crippen molar-refractivity contribution < 1.29 is 23.0 Å². The average Bonchev–Trinajstić information content (AvgIpc) is 3.20. The number of hydrogen-bond donors (Lipinski definition) is 0. The average molecular weight is 582 g/mol. The summed E-state index contributed by atoms with van der Waals surface area (Å²) in [6.45, 7) is 15.8. The van der Waals surface area contributed by atoms with Crippen LogP contribution < -0.4 is 4.89 Å². The van der Waals surface area contributed by atoms with E-state index in [9.17, 15) is 9.46 Å². The third-order valence-corrected chi connectivity index (χ3v) is 14.2. The van der Waals surface area contributed by atoms with Gasteiger partial charge in [-0.1, -0.05) is 54.4 Å². The highest BCUT2D eigenvalue weighted by Crippen LogP contribution is 2.68. The smallest absolute Gasteiger partial charge is 0.268 e. The molecule has 4 aliphatic carbocycles. The number of fused-ring (bicyclic) bond motifs is 5. The molecular formula is C34H64NO4P. The van der Waals surface area contributed by atoms with Crippen molar-refractivity contribution in [3.8, 4) is 0 Å². The van der Waals surface area contributed by atoms with Crippen molar-refractivity contribution >= 4 is 7.82 Å². The van der Waals surface area contributed by atoms with Crippen LogP contribution >= 0.6 is 7.82 Å². The first-order chi connectivity index (χ1) is 18.6. The first kappa shape index (κ1) is 33.0. The largest absolute Gasteiger partial charge is 0.756 e. The van der Waals surface area contributed by atoms with Gasteiger partial charge in [0.05, 0.1) is 27.2 Å². The summed E-state index contributed by atoms with van der Waals surface area (Å²) in [5.41, 5.74) is 0.846. The fourth-order valence-electron chi connectivity index (χ4n) is 10.6. The van der Waals surface area contributed by atoms with Gasteiger partial charge in [0, 0.05) is 0 Å². The van der Waals surface area contributed by atoms with E-state index in [1.54, 1.807) is 0 Å². The van der Waals surface area contributed by atoms with Gasteiger partial charge in [-0.3, -0.25) is 4.57 Å². The Balaban J connectivity index is 1.35. The minimum Gasteiger partial charge on any atom is -0.756 e. The fraction of sp³-hybridized carbons (Fsp3) is 1.00. The summed E-state index contributed by atoms with van der Waals surface area (Å²) in [7, 11) is 1.84. The Morgan fingerprint density at radius 1 is 0.925 bits per heavy atom. The fourth-order valence-corrected chi connectivity index (χ4v) is 11.5. The number of phosphoric acid groups is 1. The topological polar surface area (TPSA) is 58.6 Å². The zero-order valence-electron chi connectivity index (χ0n) is 27.6. The molecule has 0 aliphatic heterocycles. The van der Waals surface area contributed by atoms with E-state index in [4.69, 9.17) is 9.05 Å².